The number of piperazine rings is 1. The van der Waals surface area contributed by atoms with Crippen LogP contribution in [-0.2, 0) is 22.4 Å². The number of phenolic OH excluding ortho intramolecular Hbond substituents is 2. The Morgan fingerprint density at radius 2 is 1.38 bits per heavy atom. The van der Waals surface area contributed by atoms with Gasteiger partial charge in [0, 0.05) is 52.9 Å². The standard InChI is InChI=1S/C39H48N4O9/c1-18-12-10-11-13-22(18)14-25(41-21(4)44)38(47)40-17-28-29-23(34(49-6)19(2)36(51-8)32(29)45)15-26-31-30-24(16-27(42(31)5)39(48)43(26)28)35(50-7)20(3)37(52-9)33(30)46/h10-14,26-28,31,39,45-46,48H,15-17H2,1-9H3,(H,40,47)(H,41,44)/b25-14-/t26-,27-,28-,31-,39-/m0/s1. The minimum absolute atomic E-state index is 0.0000970. The minimum Gasteiger partial charge on any atom is -0.504 e. The first-order valence-corrected chi connectivity index (χ1v) is 17.2. The van der Waals surface area contributed by atoms with Gasteiger partial charge in [0.2, 0.25) is 5.91 Å². The number of likely N-dealkylation sites (N-methyl/N-ethyl adjacent to an activating group) is 1. The third-order valence-electron chi connectivity index (χ3n) is 11.0. The summed E-state index contributed by atoms with van der Waals surface area (Å²) in [5, 5.41) is 41.7. The molecule has 0 spiro atoms. The van der Waals surface area contributed by atoms with Crippen molar-refractivity contribution in [3.05, 3.63) is 74.5 Å². The number of phenols is 2. The fraction of sp³-hybridized carbons (Fsp3) is 0.436. The number of aromatic hydroxyl groups is 2. The number of amides is 2. The number of rotatable bonds is 9. The van der Waals surface area contributed by atoms with Crippen LogP contribution in [-0.4, -0.2) is 97.3 Å². The topological polar surface area (TPSA) is 162 Å². The molecule has 13 heteroatoms. The number of carbonyl (C=O) groups excluding carboxylic acids is 2. The van der Waals surface area contributed by atoms with Gasteiger partial charge in [0.05, 0.1) is 46.6 Å². The molecule has 0 unspecified atom stereocenters. The van der Waals surface area contributed by atoms with Crippen molar-refractivity contribution in [1.29, 1.82) is 0 Å². The van der Waals surface area contributed by atoms with Crippen molar-refractivity contribution in [3.63, 3.8) is 0 Å². The third kappa shape index (κ3) is 5.76. The third-order valence-corrected chi connectivity index (χ3v) is 11.0. The summed E-state index contributed by atoms with van der Waals surface area (Å²) in [5.74, 6) is 0.548. The highest BCUT2D eigenvalue weighted by Crippen LogP contribution is 2.58. The molecule has 52 heavy (non-hydrogen) atoms. The maximum absolute atomic E-state index is 13.9. The van der Waals surface area contributed by atoms with E-state index in [2.05, 4.69) is 15.5 Å². The molecule has 13 nitrogen and oxygen atoms in total. The van der Waals surface area contributed by atoms with Crippen molar-refractivity contribution in [2.75, 3.05) is 42.0 Å². The van der Waals surface area contributed by atoms with E-state index in [4.69, 9.17) is 18.9 Å². The number of aryl methyl sites for hydroxylation is 1. The number of methoxy groups -OCH3 is 4. The van der Waals surface area contributed by atoms with Gasteiger partial charge in [-0.15, -0.1) is 0 Å². The van der Waals surface area contributed by atoms with Crippen molar-refractivity contribution < 1.29 is 43.9 Å². The second kappa shape index (κ2) is 14.2. The summed E-state index contributed by atoms with van der Waals surface area (Å²) in [5.41, 5.74) is 5.54. The highest BCUT2D eigenvalue weighted by molar-refractivity contribution is 6.01. The van der Waals surface area contributed by atoms with Gasteiger partial charge >= 0.3 is 0 Å². The largest absolute Gasteiger partial charge is 0.504 e. The molecule has 278 valence electrons. The second-order valence-electron chi connectivity index (χ2n) is 13.7. The van der Waals surface area contributed by atoms with Crippen LogP contribution >= 0.6 is 0 Å². The molecule has 0 radical (unpaired) electrons. The number of hydrogen-bond acceptors (Lipinski definition) is 11. The summed E-state index contributed by atoms with van der Waals surface area (Å²) < 4.78 is 23.2. The Morgan fingerprint density at radius 3 is 1.94 bits per heavy atom. The number of nitrogens with one attached hydrogen (secondary N) is 2. The smallest absolute Gasteiger partial charge is 0.267 e. The van der Waals surface area contributed by atoms with E-state index in [1.165, 1.54) is 21.1 Å². The number of ether oxygens (including phenoxy) is 4. The first kappa shape index (κ1) is 36.8. The van der Waals surface area contributed by atoms with E-state index in [1.807, 2.05) is 50.1 Å². The van der Waals surface area contributed by atoms with E-state index in [1.54, 1.807) is 27.2 Å². The van der Waals surface area contributed by atoms with E-state index in [0.717, 1.165) is 16.7 Å². The van der Waals surface area contributed by atoms with Gasteiger partial charge in [0.25, 0.3) is 5.91 Å². The fourth-order valence-corrected chi connectivity index (χ4v) is 8.76. The molecule has 3 aliphatic rings. The highest BCUT2D eigenvalue weighted by atomic mass is 16.5. The number of hydrogen-bond donors (Lipinski definition) is 5. The van der Waals surface area contributed by atoms with Crippen LogP contribution in [0.1, 0.15) is 63.5 Å². The van der Waals surface area contributed by atoms with Crippen molar-refractivity contribution in [1.82, 2.24) is 20.4 Å². The van der Waals surface area contributed by atoms with Crippen LogP contribution in [0.5, 0.6) is 34.5 Å². The summed E-state index contributed by atoms with van der Waals surface area (Å²) in [4.78, 5) is 30.2. The predicted molar refractivity (Wildman–Crippen MR) is 194 cm³/mol. The first-order valence-electron chi connectivity index (χ1n) is 17.2. The average molecular weight is 717 g/mol. The van der Waals surface area contributed by atoms with Crippen molar-refractivity contribution in [2.24, 2.45) is 0 Å². The van der Waals surface area contributed by atoms with E-state index in [0.29, 0.717) is 57.9 Å². The van der Waals surface area contributed by atoms with Gasteiger partial charge in [0.15, 0.2) is 23.0 Å². The second-order valence-corrected chi connectivity index (χ2v) is 13.7. The Hall–Kier alpha value is -4.98. The monoisotopic (exact) mass is 716 g/mol. The van der Waals surface area contributed by atoms with Crippen LogP contribution in [0, 0.1) is 20.8 Å². The lowest BCUT2D eigenvalue weighted by molar-refractivity contribution is -0.172. The summed E-state index contributed by atoms with van der Waals surface area (Å²) in [6.07, 6.45) is 1.19. The fourth-order valence-electron chi connectivity index (χ4n) is 8.76. The summed E-state index contributed by atoms with van der Waals surface area (Å²) in [7, 11) is 8.02. The zero-order valence-electron chi connectivity index (χ0n) is 31.1. The van der Waals surface area contributed by atoms with Crippen LogP contribution in [0.15, 0.2) is 30.0 Å². The van der Waals surface area contributed by atoms with Gasteiger partial charge in [-0.1, -0.05) is 24.3 Å². The lowest BCUT2D eigenvalue weighted by atomic mass is 9.73. The zero-order valence-corrected chi connectivity index (χ0v) is 31.1. The molecule has 2 amide bonds. The van der Waals surface area contributed by atoms with Crippen molar-refractivity contribution in [3.8, 4) is 34.5 Å². The molecule has 3 aromatic rings. The van der Waals surface area contributed by atoms with Crippen LogP contribution < -0.4 is 29.6 Å². The number of carbonyl (C=O) groups is 2. The Bertz CT molecular complexity index is 1960. The molecule has 1 fully saturated rings. The van der Waals surface area contributed by atoms with Gasteiger partial charge in [-0.2, -0.15) is 0 Å². The maximum Gasteiger partial charge on any atom is 0.267 e. The van der Waals surface area contributed by atoms with Crippen molar-refractivity contribution in [2.45, 2.75) is 70.9 Å². The Kier molecular flexibility index (Phi) is 10.1. The molecule has 1 saturated heterocycles. The molecule has 0 aromatic heterocycles. The molecule has 5 N–H and O–H groups in total. The molecular weight excluding hydrogens is 668 g/mol. The normalized spacial score (nSPS) is 22.4. The van der Waals surface area contributed by atoms with E-state index < -0.39 is 42.2 Å². The lowest BCUT2D eigenvalue weighted by Crippen LogP contribution is -2.69. The number of aliphatic hydroxyl groups is 1. The predicted octanol–water partition coefficient (Wildman–Crippen LogP) is 3.55. The number of nitrogens with zero attached hydrogens (tertiary/aromatic N) is 2. The van der Waals surface area contributed by atoms with Crippen LogP contribution in [0.2, 0.25) is 0 Å². The van der Waals surface area contributed by atoms with Crippen molar-refractivity contribution >= 4 is 17.9 Å². The van der Waals surface area contributed by atoms with Gasteiger partial charge in [-0.3, -0.25) is 19.4 Å². The van der Waals surface area contributed by atoms with Crippen LogP contribution in [0.3, 0.4) is 0 Å². The highest BCUT2D eigenvalue weighted by Gasteiger charge is 2.56. The Balaban J connectivity index is 1.52. The molecule has 0 saturated carbocycles. The molecule has 5 atom stereocenters. The number of benzene rings is 3. The van der Waals surface area contributed by atoms with Gasteiger partial charge in [0.1, 0.15) is 23.4 Å². The molecule has 2 bridgehead atoms. The lowest BCUT2D eigenvalue weighted by Gasteiger charge is -2.60. The molecule has 3 aliphatic heterocycles. The van der Waals surface area contributed by atoms with Gasteiger partial charge in [-0.05, 0) is 57.9 Å². The van der Waals surface area contributed by atoms with E-state index in [-0.39, 0.29) is 29.5 Å². The number of fused-ring (bicyclic) bond motifs is 7. The van der Waals surface area contributed by atoms with E-state index >= 15 is 0 Å². The average Bonchev–Trinajstić information content (AvgIpc) is 3.10. The molecule has 0 aliphatic carbocycles. The van der Waals surface area contributed by atoms with Gasteiger partial charge < -0.3 is 44.9 Å². The zero-order chi connectivity index (χ0) is 37.8. The van der Waals surface area contributed by atoms with Crippen LogP contribution in [0.25, 0.3) is 6.08 Å². The molecule has 3 aromatic carbocycles. The summed E-state index contributed by atoms with van der Waals surface area (Å²) >= 11 is 0. The quantitative estimate of drug-likeness (QED) is 0.206. The molecular formula is C39H48N4O9. The van der Waals surface area contributed by atoms with E-state index in [9.17, 15) is 24.9 Å². The van der Waals surface area contributed by atoms with Gasteiger partial charge in [-0.25, -0.2) is 0 Å². The number of aliphatic hydroxyl groups excluding tert-OH is 1. The minimum atomic E-state index is -1.08. The summed E-state index contributed by atoms with van der Waals surface area (Å²) in [6.45, 7) is 6.80. The Labute approximate surface area is 303 Å². The van der Waals surface area contributed by atoms with Crippen LogP contribution in [0.4, 0.5) is 0 Å². The molecule has 6 rings (SSSR count). The molecule has 3 heterocycles. The first-order chi connectivity index (χ1) is 24.8. The SMILES string of the molecule is COc1c(C)c(OC)c2c(c1O)[C@@H]1[C@@H]3Cc4c(OC)c(C)c(OC)c(O)c4[C@H](CNC(=O)/C(=C/c4ccccc4C)NC(C)=O)N3[C@@H](O)[C@H](C2)N1C. The Morgan fingerprint density at radius 1 is 0.846 bits per heavy atom. The maximum atomic E-state index is 13.9. The summed E-state index contributed by atoms with van der Waals surface area (Å²) in [6, 6.07) is 5.27.